The van der Waals surface area contributed by atoms with Crippen LogP contribution in [0.15, 0.2) is 0 Å². The molecule has 0 bridgehead atoms. The Balaban J connectivity index is 2.70. The van der Waals surface area contributed by atoms with E-state index in [-0.39, 0.29) is 36.7 Å². The Bertz CT molecular complexity index is 902. The average molecular weight is 717 g/mol. The summed E-state index contributed by atoms with van der Waals surface area (Å²) in [5, 5.41) is 5.78. The fourth-order valence-electron chi connectivity index (χ4n) is 4.87. The molecular weight excluding hydrogens is 648 g/mol. The molecule has 1 aliphatic heterocycles. The Hall–Kier alpha value is -2.36. The van der Waals surface area contributed by atoms with E-state index in [4.69, 9.17) is 28.4 Å². The first-order valence-electron chi connectivity index (χ1n) is 18.3. The van der Waals surface area contributed by atoms with Crippen LogP contribution in [0.3, 0.4) is 0 Å². The average Bonchev–Trinajstić information content (AvgIpc) is 3.01. The lowest BCUT2D eigenvalue weighted by Crippen LogP contribution is -2.51. The first-order valence-corrected chi connectivity index (χ1v) is 18.3. The summed E-state index contributed by atoms with van der Waals surface area (Å²) in [5.41, 5.74) is -1.31. The molecule has 4 atom stereocenters. The molecule has 1 heterocycles. The molecule has 0 spiro atoms. The second-order valence-corrected chi connectivity index (χ2v) is 14.9. The van der Waals surface area contributed by atoms with E-state index in [0.29, 0.717) is 91.9 Å². The van der Waals surface area contributed by atoms with Gasteiger partial charge in [0.25, 0.3) is 0 Å². The Labute approximate surface area is 300 Å². The van der Waals surface area contributed by atoms with Gasteiger partial charge in [-0.2, -0.15) is 0 Å². The van der Waals surface area contributed by atoms with E-state index >= 15 is 0 Å². The lowest BCUT2D eigenvalue weighted by atomic mass is 9.99. The molecular formula is C36H68N4O10. The summed E-state index contributed by atoms with van der Waals surface area (Å²) >= 11 is 0. The first kappa shape index (κ1) is 45.7. The van der Waals surface area contributed by atoms with Crippen molar-refractivity contribution < 1.29 is 47.6 Å². The molecule has 0 aromatic rings. The summed E-state index contributed by atoms with van der Waals surface area (Å²) in [7, 11) is 0. The molecule has 50 heavy (non-hydrogen) atoms. The number of hydrogen-bond donors (Lipinski definition) is 2. The highest BCUT2D eigenvalue weighted by Gasteiger charge is 2.32. The van der Waals surface area contributed by atoms with Gasteiger partial charge in [0.05, 0.1) is 65.9 Å². The number of rotatable bonds is 12. The summed E-state index contributed by atoms with van der Waals surface area (Å²) in [4.78, 5) is 55.7. The van der Waals surface area contributed by atoms with Crippen molar-refractivity contribution in [3.8, 4) is 0 Å². The number of nitrogens with one attached hydrogen (secondary N) is 2. The van der Waals surface area contributed by atoms with Crippen molar-refractivity contribution in [1.29, 1.82) is 0 Å². The fourth-order valence-corrected chi connectivity index (χ4v) is 4.87. The second kappa shape index (κ2) is 24.0. The summed E-state index contributed by atoms with van der Waals surface area (Å²) in [6.45, 7) is 23.7. The summed E-state index contributed by atoms with van der Waals surface area (Å²) in [5.74, 6) is -1.59. The van der Waals surface area contributed by atoms with Gasteiger partial charge >= 0.3 is 11.9 Å². The van der Waals surface area contributed by atoms with Crippen LogP contribution in [0.1, 0.15) is 82.1 Å². The molecule has 0 aliphatic carbocycles. The van der Waals surface area contributed by atoms with Crippen molar-refractivity contribution in [2.45, 2.75) is 105 Å². The van der Waals surface area contributed by atoms with Gasteiger partial charge in [0, 0.05) is 26.2 Å². The molecule has 0 aromatic carbocycles. The number of nitrogens with zero attached hydrogens (tertiary/aromatic N) is 2. The van der Waals surface area contributed by atoms with Crippen LogP contribution >= 0.6 is 0 Å². The Morgan fingerprint density at radius 1 is 0.560 bits per heavy atom. The molecule has 0 radical (unpaired) electrons. The highest BCUT2D eigenvalue weighted by atomic mass is 16.6. The van der Waals surface area contributed by atoms with Crippen molar-refractivity contribution in [3.63, 3.8) is 0 Å². The highest BCUT2D eigenvalue weighted by molar-refractivity contribution is 5.86. The van der Waals surface area contributed by atoms with E-state index < -0.39 is 35.2 Å². The van der Waals surface area contributed by atoms with Gasteiger partial charge in [-0.15, -0.1) is 0 Å². The number of amides is 2. The molecule has 0 unspecified atom stereocenters. The molecule has 1 rings (SSSR count). The van der Waals surface area contributed by atoms with Gasteiger partial charge < -0.3 is 39.1 Å². The zero-order valence-corrected chi connectivity index (χ0v) is 32.6. The molecule has 14 heteroatoms. The number of ether oxygens (including phenoxy) is 6. The van der Waals surface area contributed by atoms with Crippen LogP contribution in [0.5, 0.6) is 0 Å². The van der Waals surface area contributed by atoms with Crippen LogP contribution < -0.4 is 10.6 Å². The highest BCUT2D eigenvalue weighted by Crippen LogP contribution is 2.16. The number of esters is 2. The molecule has 0 aromatic heterocycles. The summed E-state index contributed by atoms with van der Waals surface area (Å²) < 4.78 is 34.3. The van der Waals surface area contributed by atoms with Crippen LogP contribution in [-0.4, -0.2) is 149 Å². The third-order valence-electron chi connectivity index (χ3n) is 8.07. The zero-order valence-electron chi connectivity index (χ0n) is 32.6. The molecule has 1 fully saturated rings. The van der Waals surface area contributed by atoms with Crippen molar-refractivity contribution in [2.24, 2.45) is 11.8 Å². The number of carbonyl (C=O) groups is 4. The smallest absolute Gasteiger partial charge is 0.329 e. The Morgan fingerprint density at radius 3 is 1.08 bits per heavy atom. The van der Waals surface area contributed by atoms with Crippen molar-refractivity contribution in [3.05, 3.63) is 0 Å². The maximum atomic E-state index is 13.1. The summed E-state index contributed by atoms with van der Waals surface area (Å²) in [6.07, 6.45) is 1.42. The number of carbonyl (C=O) groups excluding carboxylic acids is 4. The van der Waals surface area contributed by atoms with E-state index in [1.165, 1.54) is 0 Å². The van der Waals surface area contributed by atoms with Crippen LogP contribution in [-0.2, 0) is 47.6 Å². The van der Waals surface area contributed by atoms with Crippen molar-refractivity contribution in [2.75, 3.05) is 92.1 Å². The topological polar surface area (TPSA) is 154 Å². The standard InChI is InChI=1S/C36H68N4O10/c1-11-27(3)31(33(43)49-35(5,6)7)37-29(41)25-39-13-17-45-21-23-47-19-15-40(16-20-48-24-22-46-18-14-39)26-30(42)38-32(28(4)12-2)34(44)50-36(8,9)10/h27-28,31-32H,11-26H2,1-10H3,(H,37,41)(H,38,42)/t27-,28-,31-,32-/m0/s1. The SMILES string of the molecule is CC[C@H](C)[C@H](NC(=O)CN1CCOCCOCCN(CC(=O)N[C@H](C(=O)OC(C)(C)C)[C@@H](C)CC)CCOCCOCC1)C(=O)OC(C)(C)C. The predicted octanol–water partition coefficient (Wildman–Crippen LogP) is 2.42. The minimum atomic E-state index is -0.738. The zero-order chi connectivity index (χ0) is 37.7. The van der Waals surface area contributed by atoms with Crippen LogP contribution in [0, 0.1) is 11.8 Å². The quantitative estimate of drug-likeness (QED) is 0.285. The first-order chi connectivity index (χ1) is 23.5. The van der Waals surface area contributed by atoms with Crippen LogP contribution in [0.2, 0.25) is 0 Å². The largest absolute Gasteiger partial charge is 0.458 e. The minimum absolute atomic E-state index is 0.0781. The molecule has 14 nitrogen and oxygen atoms in total. The maximum absolute atomic E-state index is 13.1. The van der Waals surface area contributed by atoms with Gasteiger partial charge in [0.1, 0.15) is 23.3 Å². The monoisotopic (exact) mass is 716 g/mol. The molecule has 1 aliphatic rings. The summed E-state index contributed by atoms with van der Waals surface area (Å²) in [6, 6.07) is -1.48. The fraction of sp³-hybridized carbons (Fsp3) is 0.889. The van der Waals surface area contributed by atoms with E-state index in [0.717, 1.165) is 0 Å². The van der Waals surface area contributed by atoms with E-state index in [1.807, 2.05) is 37.5 Å². The normalized spacial score (nSPS) is 19.9. The third kappa shape index (κ3) is 21.1. The van der Waals surface area contributed by atoms with Gasteiger partial charge in [-0.3, -0.25) is 19.4 Å². The van der Waals surface area contributed by atoms with Crippen LogP contribution in [0.4, 0.5) is 0 Å². The molecule has 292 valence electrons. The van der Waals surface area contributed by atoms with Gasteiger partial charge in [-0.05, 0) is 53.4 Å². The molecule has 1 saturated heterocycles. The predicted molar refractivity (Wildman–Crippen MR) is 191 cm³/mol. The Morgan fingerprint density at radius 2 is 0.840 bits per heavy atom. The van der Waals surface area contributed by atoms with Crippen molar-refractivity contribution in [1.82, 2.24) is 20.4 Å². The van der Waals surface area contributed by atoms with Gasteiger partial charge in [-0.1, -0.05) is 40.5 Å². The lowest BCUT2D eigenvalue weighted by Gasteiger charge is -2.29. The lowest BCUT2D eigenvalue weighted by molar-refractivity contribution is -0.161. The van der Waals surface area contributed by atoms with Gasteiger partial charge in [0.2, 0.25) is 11.8 Å². The van der Waals surface area contributed by atoms with Crippen molar-refractivity contribution >= 4 is 23.8 Å². The van der Waals surface area contributed by atoms with Gasteiger partial charge in [-0.25, -0.2) is 9.59 Å². The molecule has 0 saturated carbocycles. The maximum Gasteiger partial charge on any atom is 0.329 e. The van der Waals surface area contributed by atoms with Crippen LogP contribution in [0.25, 0.3) is 0 Å². The number of hydrogen-bond acceptors (Lipinski definition) is 12. The van der Waals surface area contributed by atoms with Gasteiger partial charge in [0.15, 0.2) is 0 Å². The third-order valence-corrected chi connectivity index (χ3v) is 8.07. The molecule has 2 amide bonds. The Kier molecular flexibility index (Phi) is 21.9. The minimum Gasteiger partial charge on any atom is -0.458 e. The van der Waals surface area contributed by atoms with E-state index in [1.54, 1.807) is 41.5 Å². The van der Waals surface area contributed by atoms with E-state index in [2.05, 4.69) is 10.6 Å². The van der Waals surface area contributed by atoms with E-state index in [9.17, 15) is 19.2 Å². The second-order valence-electron chi connectivity index (χ2n) is 14.9. The molecule has 2 N–H and O–H groups in total.